The van der Waals surface area contributed by atoms with E-state index < -0.39 is 16.6 Å². The van der Waals surface area contributed by atoms with E-state index in [4.69, 9.17) is 4.42 Å². The number of nitrogens with zero attached hydrogens (tertiary/aromatic N) is 4. The number of aryl methyl sites for hydroxylation is 1. The Morgan fingerprint density at radius 2 is 2.25 bits per heavy atom. The molecule has 0 spiro atoms. The first-order chi connectivity index (χ1) is 11.5. The summed E-state index contributed by atoms with van der Waals surface area (Å²) in [5.74, 6) is -1.25. The second-order valence-corrected chi connectivity index (χ2v) is 5.83. The van der Waals surface area contributed by atoms with Gasteiger partial charge in [0.25, 0.3) is 5.69 Å². The van der Waals surface area contributed by atoms with E-state index in [0.717, 1.165) is 15.6 Å². The summed E-state index contributed by atoms with van der Waals surface area (Å²) in [5, 5.41) is 22.1. The van der Waals surface area contributed by atoms with E-state index in [-0.39, 0.29) is 17.8 Å². The number of nitro benzene ring substituents is 1. The smallest absolute Gasteiger partial charge is 0.407 e. The number of non-ortho nitro benzene ring substituents is 1. The number of aromatic nitrogens is 3. The van der Waals surface area contributed by atoms with E-state index in [2.05, 4.69) is 15.5 Å². The zero-order valence-corrected chi connectivity index (χ0v) is 13.2. The van der Waals surface area contributed by atoms with E-state index in [0.29, 0.717) is 17.1 Å². The lowest BCUT2D eigenvalue weighted by molar-refractivity contribution is -0.384. The highest BCUT2D eigenvalue weighted by atomic mass is 32.1. The van der Waals surface area contributed by atoms with Gasteiger partial charge in [0.1, 0.15) is 11.6 Å². The third-order valence-corrected chi connectivity index (χ3v) is 4.16. The van der Waals surface area contributed by atoms with E-state index in [1.165, 1.54) is 23.5 Å². The van der Waals surface area contributed by atoms with Gasteiger partial charge in [0.15, 0.2) is 5.58 Å². The summed E-state index contributed by atoms with van der Waals surface area (Å²) in [4.78, 5) is 34.1. The molecule has 0 bridgehead atoms. The van der Waals surface area contributed by atoms with E-state index >= 15 is 0 Å². The molecule has 124 valence electrons. The summed E-state index contributed by atoms with van der Waals surface area (Å²) in [5.41, 5.74) is 0.146. The topological polar surface area (TPSA) is 133 Å². The highest BCUT2D eigenvalue weighted by Gasteiger charge is 2.17. The van der Waals surface area contributed by atoms with Crippen LogP contribution in [0.4, 0.5) is 10.8 Å². The molecule has 10 nitrogen and oxygen atoms in total. The Hall–Kier alpha value is -3.08. The Labute approximate surface area is 137 Å². The molecule has 24 heavy (non-hydrogen) atoms. The van der Waals surface area contributed by atoms with Crippen molar-refractivity contribution in [3.63, 3.8) is 0 Å². The highest BCUT2D eigenvalue weighted by molar-refractivity contribution is 7.15. The summed E-state index contributed by atoms with van der Waals surface area (Å²) in [7, 11) is 0. The molecule has 11 heteroatoms. The van der Waals surface area contributed by atoms with Crippen molar-refractivity contribution in [2.24, 2.45) is 0 Å². The third kappa shape index (κ3) is 3.01. The van der Waals surface area contributed by atoms with E-state index in [1.54, 1.807) is 0 Å². The average Bonchev–Trinajstić information content (AvgIpc) is 3.11. The summed E-state index contributed by atoms with van der Waals surface area (Å²) in [6.07, 6.45) is 0.706. The molecule has 0 aliphatic carbocycles. The first kappa shape index (κ1) is 15.8. The van der Waals surface area contributed by atoms with Crippen LogP contribution in [-0.4, -0.2) is 25.6 Å². The quantitative estimate of drug-likeness (QED) is 0.545. The van der Waals surface area contributed by atoms with Crippen LogP contribution in [0.2, 0.25) is 0 Å². The van der Waals surface area contributed by atoms with E-state index in [9.17, 15) is 19.7 Å². The fourth-order valence-corrected chi connectivity index (χ4v) is 2.76. The monoisotopic (exact) mass is 349 g/mol. The van der Waals surface area contributed by atoms with Crippen molar-refractivity contribution in [1.29, 1.82) is 0 Å². The van der Waals surface area contributed by atoms with Gasteiger partial charge in [-0.25, -0.2) is 4.79 Å². The van der Waals surface area contributed by atoms with Gasteiger partial charge in [-0.05, 0) is 12.5 Å². The van der Waals surface area contributed by atoms with Crippen LogP contribution in [0.3, 0.4) is 0 Å². The van der Waals surface area contributed by atoms with Gasteiger partial charge in [-0.3, -0.25) is 24.8 Å². The van der Waals surface area contributed by atoms with Crippen molar-refractivity contribution < 1.29 is 14.1 Å². The lowest BCUT2D eigenvalue weighted by atomic mass is 10.3. The predicted molar refractivity (Wildman–Crippen MR) is 85.0 cm³/mol. The molecule has 3 rings (SSSR count). The first-order valence-electron chi connectivity index (χ1n) is 6.88. The minimum Gasteiger partial charge on any atom is -0.407 e. The Kier molecular flexibility index (Phi) is 4.08. The Balaban J connectivity index is 1.84. The van der Waals surface area contributed by atoms with Crippen molar-refractivity contribution in [2.75, 3.05) is 5.32 Å². The van der Waals surface area contributed by atoms with Crippen LogP contribution in [0.15, 0.2) is 27.4 Å². The zero-order chi connectivity index (χ0) is 17.3. The van der Waals surface area contributed by atoms with Gasteiger partial charge in [0.05, 0.1) is 16.5 Å². The van der Waals surface area contributed by atoms with Gasteiger partial charge in [0, 0.05) is 6.07 Å². The summed E-state index contributed by atoms with van der Waals surface area (Å²) >= 11 is 1.25. The average molecular weight is 349 g/mol. The van der Waals surface area contributed by atoms with Crippen LogP contribution in [0.25, 0.3) is 11.1 Å². The maximum absolute atomic E-state index is 12.1. The number of carbonyl (C=O) groups excluding carboxylic acids is 1. The number of carbonyl (C=O) groups is 1. The number of amides is 1. The highest BCUT2D eigenvalue weighted by Crippen LogP contribution is 2.20. The minimum absolute atomic E-state index is 0.0474. The molecule has 0 aliphatic heterocycles. The molecule has 0 saturated carbocycles. The number of nitrogens with one attached hydrogen (secondary N) is 1. The molecule has 1 N–H and O–H groups in total. The molecule has 1 aromatic carbocycles. The number of rotatable bonds is 5. The van der Waals surface area contributed by atoms with Crippen molar-refractivity contribution >= 4 is 39.2 Å². The zero-order valence-electron chi connectivity index (χ0n) is 12.4. The fourth-order valence-electron chi connectivity index (χ4n) is 2.07. The Morgan fingerprint density at radius 1 is 1.46 bits per heavy atom. The molecule has 0 saturated heterocycles. The molecule has 0 fully saturated rings. The maximum atomic E-state index is 12.1. The lowest BCUT2D eigenvalue weighted by Gasteiger charge is -2.02. The van der Waals surface area contributed by atoms with Gasteiger partial charge in [-0.15, -0.1) is 10.2 Å². The number of anilines is 1. The van der Waals surface area contributed by atoms with Crippen LogP contribution in [-0.2, 0) is 17.8 Å². The predicted octanol–water partition coefficient (Wildman–Crippen LogP) is 1.56. The molecule has 0 atom stereocenters. The van der Waals surface area contributed by atoms with Crippen molar-refractivity contribution in [1.82, 2.24) is 14.8 Å². The van der Waals surface area contributed by atoms with Crippen molar-refractivity contribution in [2.45, 2.75) is 19.9 Å². The molecular formula is C13H11N5O5S. The third-order valence-electron chi connectivity index (χ3n) is 3.18. The Bertz CT molecular complexity index is 988. The molecule has 2 heterocycles. The molecule has 1 amide bonds. The van der Waals surface area contributed by atoms with Gasteiger partial charge < -0.3 is 4.42 Å². The number of fused-ring (bicyclic) bond motifs is 1. The van der Waals surface area contributed by atoms with Gasteiger partial charge in [-0.1, -0.05) is 18.3 Å². The second kappa shape index (κ2) is 6.20. The standard InChI is InChI=1S/C13H11N5O5S/c1-2-11-15-16-12(24-11)14-10(19)6-17-8-4-3-7(18(21)22)5-9(8)23-13(17)20/h3-5H,2,6H2,1H3,(H,14,16,19). The number of hydrogen-bond donors (Lipinski definition) is 1. The van der Waals surface area contributed by atoms with Crippen LogP contribution >= 0.6 is 11.3 Å². The van der Waals surface area contributed by atoms with Gasteiger partial charge in [0.2, 0.25) is 11.0 Å². The molecule has 0 aliphatic rings. The van der Waals surface area contributed by atoms with Crippen molar-refractivity contribution in [3.8, 4) is 0 Å². The van der Waals surface area contributed by atoms with Crippen LogP contribution < -0.4 is 11.1 Å². The SMILES string of the molecule is CCc1nnc(NC(=O)Cn2c(=O)oc3cc([N+](=O)[O-])ccc32)s1. The lowest BCUT2D eigenvalue weighted by Crippen LogP contribution is -2.24. The summed E-state index contributed by atoms with van der Waals surface area (Å²) < 4.78 is 6.05. The summed E-state index contributed by atoms with van der Waals surface area (Å²) in [6, 6.07) is 3.75. The van der Waals surface area contributed by atoms with Crippen LogP contribution in [0.5, 0.6) is 0 Å². The normalized spacial score (nSPS) is 10.9. The van der Waals surface area contributed by atoms with Crippen molar-refractivity contribution in [3.05, 3.63) is 43.9 Å². The largest absolute Gasteiger partial charge is 0.420 e. The molecule has 0 unspecified atom stereocenters. The molecule has 3 aromatic rings. The minimum atomic E-state index is -0.771. The maximum Gasteiger partial charge on any atom is 0.420 e. The first-order valence-corrected chi connectivity index (χ1v) is 7.69. The number of nitro groups is 1. The summed E-state index contributed by atoms with van der Waals surface area (Å²) in [6.45, 7) is 1.62. The van der Waals surface area contributed by atoms with Crippen LogP contribution in [0, 0.1) is 10.1 Å². The van der Waals surface area contributed by atoms with Crippen LogP contribution in [0.1, 0.15) is 11.9 Å². The number of benzene rings is 1. The fraction of sp³-hybridized carbons (Fsp3) is 0.231. The second-order valence-electron chi connectivity index (χ2n) is 4.77. The number of hydrogen-bond acceptors (Lipinski definition) is 8. The van der Waals surface area contributed by atoms with Gasteiger partial charge >= 0.3 is 5.76 Å². The Morgan fingerprint density at radius 3 is 2.92 bits per heavy atom. The molecule has 0 radical (unpaired) electrons. The van der Waals surface area contributed by atoms with Gasteiger partial charge in [-0.2, -0.15) is 0 Å². The van der Waals surface area contributed by atoms with E-state index in [1.807, 2.05) is 6.92 Å². The molecule has 2 aromatic heterocycles. The molecular weight excluding hydrogens is 338 g/mol. The number of oxazole rings is 1.